The number of methoxy groups -OCH3 is 1. The molecule has 1 heterocycles. The first-order valence-electron chi connectivity index (χ1n) is 5.38. The highest BCUT2D eigenvalue weighted by molar-refractivity contribution is 5.82. The van der Waals surface area contributed by atoms with Gasteiger partial charge in [0.25, 0.3) is 0 Å². The van der Waals surface area contributed by atoms with Crippen molar-refractivity contribution in [3.63, 3.8) is 0 Å². The van der Waals surface area contributed by atoms with Gasteiger partial charge in [-0.15, -0.1) is 0 Å². The standard InChI is InChI=1S/C13H15N3O/c1-10-8-15-16(2)12(10)9-14-11-6-4-5-7-13(11)17-3/h4-9H,1-3H3/b14-9+. The quantitative estimate of drug-likeness (QED) is 0.758. The summed E-state index contributed by atoms with van der Waals surface area (Å²) >= 11 is 0. The lowest BCUT2D eigenvalue weighted by Gasteiger charge is -2.03. The minimum Gasteiger partial charge on any atom is -0.494 e. The Morgan fingerprint density at radius 3 is 2.76 bits per heavy atom. The number of ether oxygens (including phenoxy) is 1. The van der Waals surface area contributed by atoms with Gasteiger partial charge >= 0.3 is 0 Å². The van der Waals surface area contributed by atoms with Crippen molar-refractivity contribution in [1.82, 2.24) is 9.78 Å². The molecule has 0 atom stereocenters. The van der Waals surface area contributed by atoms with Gasteiger partial charge in [-0.1, -0.05) is 12.1 Å². The van der Waals surface area contributed by atoms with Gasteiger partial charge in [0.05, 0.1) is 25.2 Å². The molecule has 0 aliphatic heterocycles. The molecule has 0 amide bonds. The number of benzene rings is 1. The number of hydrogen-bond acceptors (Lipinski definition) is 3. The molecule has 4 heteroatoms. The van der Waals surface area contributed by atoms with Crippen LogP contribution in [0.1, 0.15) is 11.3 Å². The van der Waals surface area contributed by atoms with E-state index in [1.165, 1.54) is 0 Å². The molecule has 0 saturated heterocycles. The number of aromatic nitrogens is 2. The van der Waals surface area contributed by atoms with Gasteiger partial charge in [-0.2, -0.15) is 5.10 Å². The Morgan fingerprint density at radius 2 is 2.12 bits per heavy atom. The van der Waals surface area contributed by atoms with Gasteiger partial charge in [0, 0.05) is 7.05 Å². The maximum absolute atomic E-state index is 5.24. The summed E-state index contributed by atoms with van der Waals surface area (Å²) in [4.78, 5) is 4.43. The minimum atomic E-state index is 0.767. The summed E-state index contributed by atoms with van der Waals surface area (Å²) in [6, 6.07) is 7.67. The molecule has 1 aromatic heterocycles. The van der Waals surface area contributed by atoms with Crippen molar-refractivity contribution in [2.24, 2.45) is 12.0 Å². The van der Waals surface area contributed by atoms with Crippen LogP contribution < -0.4 is 4.74 Å². The molecule has 17 heavy (non-hydrogen) atoms. The third-order valence-electron chi connectivity index (χ3n) is 2.59. The van der Waals surface area contributed by atoms with Crippen molar-refractivity contribution in [3.05, 3.63) is 41.7 Å². The summed E-state index contributed by atoms with van der Waals surface area (Å²) in [5, 5.41) is 4.17. The number of hydrogen-bond donors (Lipinski definition) is 0. The van der Waals surface area contributed by atoms with Crippen molar-refractivity contribution in [2.75, 3.05) is 7.11 Å². The first kappa shape index (κ1) is 11.4. The zero-order chi connectivity index (χ0) is 12.3. The lowest BCUT2D eigenvalue weighted by molar-refractivity contribution is 0.416. The zero-order valence-electron chi connectivity index (χ0n) is 10.2. The zero-order valence-corrected chi connectivity index (χ0v) is 10.2. The molecule has 4 nitrogen and oxygen atoms in total. The molecule has 1 aromatic carbocycles. The van der Waals surface area contributed by atoms with E-state index in [2.05, 4.69) is 10.1 Å². The molecule has 0 aliphatic rings. The minimum absolute atomic E-state index is 0.767. The van der Waals surface area contributed by atoms with E-state index in [0.717, 1.165) is 22.7 Å². The maximum atomic E-state index is 5.24. The molecule has 0 radical (unpaired) electrons. The van der Waals surface area contributed by atoms with E-state index in [0.29, 0.717) is 0 Å². The second-order valence-corrected chi connectivity index (χ2v) is 3.77. The Labute approximate surface area is 101 Å². The van der Waals surface area contributed by atoms with E-state index >= 15 is 0 Å². The number of rotatable bonds is 3. The molecule has 0 spiro atoms. The lowest BCUT2D eigenvalue weighted by atomic mass is 10.3. The Hall–Kier alpha value is -2.10. The van der Waals surface area contributed by atoms with E-state index < -0.39 is 0 Å². The number of aryl methyl sites for hydroxylation is 2. The summed E-state index contributed by atoms with van der Waals surface area (Å²) in [7, 11) is 3.54. The fraction of sp³-hybridized carbons (Fsp3) is 0.231. The van der Waals surface area contributed by atoms with Crippen LogP contribution in [-0.2, 0) is 7.05 Å². The van der Waals surface area contributed by atoms with E-state index in [-0.39, 0.29) is 0 Å². The molecule has 88 valence electrons. The van der Waals surface area contributed by atoms with Crippen molar-refractivity contribution in [1.29, 1.82) is 0 Å². The Balaban J connectivity index is 2.32. The van der Waals surface area contributed by atoms with Crippen LogP contribution in [0.25, 0.3) is 0 Å². The SMILES string of the molecule is COc1ccccc1/N=C/c1c(C)cnn1C. The average Bonchev–Trinajstić information content (AvgIpc) is 2.67. The molecular formula is C13H15N3O. The highest BCUT2D eigenvalue weighted by atomic mass is 16.5. The van der Waals surface area contributed by atoms with Crippen LogP contribution >= 0.6 is 0 Å². The molecule has 0 bridgehead atoms. The van der Waals surface area contributed by atoms with Gasteiger partial charge in [-0.25, -0.2) is 0 Å². The Kier molecular flexibility index (Phi) is 3.23. The van der Waals surface area contributed by atoms with E-state index in [1.807, 2.05) is 44.4 Å². The largest absolute Gasteiger partial charge is 0.494 e. The summed E-state index contributed by atoms with van der Waals surface area (Å²) in [5.41, 5.74) is 2.91. The van der Waals surface area contributed by atoms with Gasteiger partial charge < -0.3 is 4.74 Å². The fourth-order valence-electron chi connectivity index (χ4n) is 1.61. The predicted octanol–water partition coefficient (Wildman–Crippen LogP) is 2.49. The highest BCUT2D eigenvalue weighted by Gasteiger charge is 2.02. The molecule has 0 unspecified atom stereocenters. The third kappa shape index (κ3) is 2.36. The van der Waals surface area contributed by atoms with Crippen LogP contribution in [0.3, 0.4) is 0 Å². The molecule has 0 aliphatic carbocycles. The van der Waals surface area contributed by atoms with Crippen molar-refractivity contribution in [2.45, 2.75) is 6.92 Å². The molecule has 2 aromatic rings. The summed E-state index contributed by atoms with van der Waals surface area (Å²) in [6.07, 6.45) is 3.63. The summed E-state index contributed by atoms with van der Waals surface area (Å²) in [5.74, 6) is 0.767. The molecule has 0 saturated carbocycles. The van der Waals surface area contributed by atoms with E-state index in [9.17, 15) is 0 Å². The van der Waals surface area contributed by atoms with Crippen molar-refractivity contribution < 1.29 is 4.74 Å². The van der Waals surface area contributed by atoms with Crippen LogP contribution in [0.5, 0.6) is 5.75 Å². The third-order valence-corrected chi connectivity index (χ3v) is 2.59. The van der Waals surface area contributed by atoms with Gasteiger partial charge in [0.2, 0.25) is 0 Å². The van der Waals surface area contributed by atoms with Crippen LogP contribution in [0.2, 0.25) is 0 Å². The van der Waals surface area contributed by atoms with E-state index in [1.54, 1.807) is 18.0 Å². The van der Waals surface area contributed by atoms with Gasteiger partial charge in [-0.05, 0) is 24.6 Å². The Morgan fingerprint density at radius 1 is 1.35 bits per heavy atom. The molecule has 0 fully saturated rings. The second kappa shape index (κ2) is 4.82. The van der Waals surface area contributed by atoms with Crippen LogP contribution in [-0.4, -0.2) is 23.1 Å². The van der Waals surface area contributed by atoms with Gasteiger partial charge in [0.15, 0.2) is 0 Å². The number of aliphatic imine (C=N–C) groups is 1. The highest BCUT2D eigenvalue weighted by Crippen LogP contribution is 2.26. The monoisotopic (exact) mass is 229 g/mol. The summed E-state index contributed by atoms with van der Waals surface area (Å²) < 4.78 is 7.04. The van der Waals surface area contributed by atoms with Crippen molar-refractivity contribution in [3.8, 4) is 5.75 Å². The number of para-hydroxylation sites is 2. The first-order chi connectivity index (χ1) is 8.22. The molecular weight excluding hydrogens is 214 g/mol. The predicted molar refractivity (Wildman–Crippen MR) is 68.2 cm³/mol. The van der Waals surface area contributed by atoms with Crippen molar-refractivity contribution >= 4 is 11.9 Å². The maximum Gasteiger partial charge on any atom is 0.144 e. The average molecular weight is 229 g/mol. The number of nitrogens with zero attached hydrogens (tertiary/aromatic N) is 3. The second-order valence-electron chi connectivity index (χ2n) is 3.77. The van der Waals surface area contributed by atoms with Crippen LogP contribution in [0.4, 0.5) is 5.69 Å². The normalized spacial score (nSPS) is 11.0. The fourth-order valence-corrected chi connectivity index (χ4v) is 1.61. The molecule has 0 N–H and O–H groups in total. The molecule has 2 rings (SSSR count). The van der Waals surface area contributed by atoms with Gasteiger partial charge in [-0.3, -0.25) is 9.67 Å². The summed E-state index contributed by atoms with van der Waals surface area (Å²) in [6.45, 7) is 2.01. The van der Waals surface area contributed by atoms with E-state index in [4.69, 9.17) is 4.74 Å². The lowest BCUT2D eigenvalue weighted by Crippen LogP contribution is -1.97. The first-order valence-corrected chi connectivity index (χ1v) is 5.38. The van der Waals surface area contributed by atoms with Crippen LogP contribution in [0.15, 0.2) is 35.5 Å². The topological polar surface area (TPSA) is 39.4 Å². The smallest absolute Gasteiger partial charge is 0.144 e. The van der Waals surface area contributed by atoms with Gasteiger partial charge in [0.1, 0.15) is 11.4 Å². The Bertz CT molecular complexity index is 524. The van der Waals surface area contributed by atoms with Crippen LogP contribution in [0, 0.1) is 6.92 Å².